The molecule has 0 amide bonds. The number of carboxylic acid groups (broad SMARTS) is 1. The molecule has 5 nitrogen and oxygen atoms in total. The summed E-state index contributed by atoms with van der Waals surface area (Å²) in [5.74, 6) is -0.320. The second-order valence-electron chi connectivity index (χ2n) is 3.13. The Labute approximate surface area is 106 Å². The molecule has 17 heavy (non-hydrogen) atoms. The van der Waals surface area contributed by atoms with Gasteiger partial charge in [-0.1, -0.05) is 6.07 Å². The Bertz CT molecular complexity index is 546. The number of thiophene rings is 1. The van der Waals surface area contributed by atoms with Crippen LogP contribution in [0.2, 0.25) is 0 Å². The molecule has 0 aliphatic carbocycles. The number of aliphatic carboxylic acids is 1. The Morgan fingerprint density at radius 3 is 3.00 bits per heavy atom. The fourth-order valence-corrected chi connectivity index (χ4v) is 2.58. The number of thioether (sulfide) groups is 1. The first-order valence-corrected chi connectivity index (χ1v) is 6.40. The summed E-state index contributed by atoms with van der Waals surface area (Å²) in [7, 11) is 0. The molecule has 2 aromatic rings. The Hall–Kier alpha value is -1.60. The summed E-state index contributed by atoms with van der Waals surface area (Å²) in [6.07, 6.45) is 1.61. The molecule has 0 saturated heterocycles. The smallest absolute Gasteiger partial charge is 0.342 e. The molecule has 88 valence electrons. The lowest BCUT2D eigenvalue weighted by molar-refractivity contribution is -0.131. The Morgan fingerprint density at radius 1 is 1.65 bits per heavy atom. The summed E-state index contributed by atoms with van der Waals surface area (Å²) in [4.78, 5) is 16.2. The Morgan fingerprint density at radius 2 is 2.47 bits per heavy atom. The van der Waals surface area contributed by atoms with Crippen molar-refractivity contribution in [2.45, 2.75) is 12.1 Å². The van der Waals surface area contributed by atoms with Crippen molar-refractivity contribution in [3.05, 3.63) is 33.1 Å². The van der Waals surface area contributed by atoms with E-state index in [9.17, 15) is 4.79 Å². The summed E-state index contributed by atoms with van der Waals surface area (Å²) in [6.45, 7) is 1.76. The molecule has 0 radical (unpaired) electrons. The van der Waals surface area contributed by atoms with E-state index in [1.54, 1.807) is 13.0 Å². The molecule has 0 fully saturated rings. The lowest BCUT2D eigenvalue weighted by atomic mass is 10.4. The minimum Gasteiger partial charge on any atom is -0.477 e. The minimum absolute atomic E-state index is 0.200. The maximum Gasteiger partial charge on any atom is 0.342 e. The van der Waals surface area contributed by atoms with E-state index >= 15 is 0 Å². The largest absolute Gasteiger partial charge is 0.477 e. The molecule has 0 spiro atoms. The number of carbonyl (C=O) groups is 1. The third-order valence-electron chi connectivity index (χ3n) is 1.81. The number of aryl methyl sites for hydroxylation is 1. The van der Waals surface area contributed by atoms with E-state index in [0.29, 0.717) is 11.0 Å². The van der Waals surface area contributed by atoms with Crippen LogP contribution in [0.3, 0.4) is 0 Å². The molecule has 2 N–H and O–H groups in total. The normalized spacial score (nSPS) is 11.7. The van der Waals surface area contributed by atoms with Gasteiger partial charge in [-0.2, -0.15) is 0 Å². The average Bonchev–Trinajstić information content (AvgIpc) is 2.89. The molecule has 0 aromatic carbocycles. The van der Waals surface area contributed by atoms with Gasteiger partial charge in [0, 0.05) is 4.88 Å². The highest BCUT2D eigenvalue weighted by Gasteiger charge is 2.12. The van der Waals surface area contributed by atoms with E-state index in [1.807, 2.05) is 17.5 Å². The first kappa shape index (κ1) is 11.9. The lowest BCUT2D eigenvalue weighted by Crippen LogP contribution is -1.96. The van der Waals surface area contributed by atoms with Crippen LogP contribution in [0.15, 0.2) is 27.6 Å². The monoisotopic (exact) mass is 267 g/mol. The molecule has 0 unspecified atom stereocenters. The molecule has 0 aliphatic heterocycles. The van der Waals surface area contributed by atoms with Crippen molar-refractivity contribution in [3.63, 3.8) is 0 Å². The number of hydrogen-bond donors (Lipinski definition) is 2. The molecule has 2 heterocycles. The van der Waals surface area contributed by atoms with Crippen molar-refractivity contribution in [1.29, 1.82) is 0 Å². The van der Waals surface area contributed by atoms with E-state index in [1.165, 1.54) is 11.3 Å². The second-order valence-corrected chi connectivity index (χ2v) is 5.12. The van der Waals surface area contributed by atoms with Crippen LogP contribution >= 0.6 is 23.1 Å². The van der Waals surface area contributed by atoms with Crippen molar-refractivity contribution < 1.29 is 9.90 Å². The average molecular weight is 267 g/mol. The molecular weight excluding hydrogens is 258 g/mol. The van der Waals surface area contributed by atoms with Crippen LogP contribution in [0.5, 0.6) is 0 Å². The molecule has 2 aromatic heterocycles. The van der Waals surface area contributed by atoms with Gasteiger partial charge in [0.2, 0.25) is 5.16 Å². The number of nitrogens with zero attached hydrogens (tertiary/aromatic N) is 2. The highest BCUT2D eigenvalue weighted by atomic mass is 32.2. The van der Waals surface area contributed by atoms with Gasteiger partial charge >= 0.3 is 5.97 Å². The number of H-pyrrole nitrogens is 1. The molecule has 7 heteroatoms. The molecule has 0 bridgehead atoms. The highest BCUT2D eigenvalue weighted by Crippen LogP contribution is 2.26. The van der Waals surface area contributed by atoms with E-state index in [0.717, 1.165) is 16.6 Å². The predicted octanol–water partition coefficient (Wildman–Crippen LogP) is 2.39. The topological polar surface area (TPSA) is 78.9 Å². The van der Waals surface area contributed by atoms with Gasteiger partial charge in [-0.3, -0.25) is 5.10 Å². The van der Waals surface area contributed by atoms with Gasteiger partial charge in [-0.15, -0.1) is 16.4 Å². The van der Waals surface area contributed by atoms with E-state index < -0.39 is 5.97 Å². The quantitative estimate of drug-likeness (QED) is 0.657. The van der Waals surface area contributed by atoms with Crippen molar-refractivity contribution in [3.8, 4) is 0 Å². The standard InChI is InChI=1S/C10H9N3O2S2/c1-6-11-10(13-12-6)17-8(9(14)15)5-7-3-2-4-16-7/h2-5H,1H3,(H,14,15)(H,11,12,13). The van der Waals surface area contributed by atoms with Gasteiger partial charge < -0.3 is 5.11 Å². The van der Waals surface area contributed by atoms with Crippen molar-refractivity contribution in [2.24, 2.45) is 0 Å². The second kappa shape index (κ2) is 5.15. The van der Waals surface area contributed by atoms with Crippen LogP contribution in [0.25, 0.3) is 6.08 Å². The summed E-state index contributed by atoms with van der Waals surface area (Å²) in [5, 5.41) is 18.0. The third-order valence-corrected chi connectivity index (χ3v) is 3.50. The number of aromatic amines is 1. The first-order valence-electron chi connectivity index (χ1n) is 4.70. The van der Waals surface area contributed by atoms with Crippen LogP contribution in [-0.4, -0.2) is 26.3 Å². The van der Waals surface area contributed by atoms with Crippen molar-refractivity contribution >= 4 is 35.1 Å². The first-order chi connectivity index (χ1) is 8.15. The maximum absolute atomic E-state index is 11.1. The van der Waals surface area contributed by atoms with Crippen molar-refractivity contribution in [2.75, 3.05) is 0 Å². The number of aromatic nitrogens is 3. The number of nitrogens with one attached hydrogen (secondary N) is 1. The van der Waals surface area contributed by atoms with Gasteiger partial charge in [0.1, 0.15) is 10.7 Å². The zero-order valence-electron chi connectivity index (χ0n) is 8.88. The number of rotatable bonds is 4. The lowest BCUT2D eigenvalue weighted by Gasteiger charge is -1.96. The van der Waals surface area contributed by atoms with Gasteiger partial charge in [-0.25, -0.2) is 9.78 Å². The van der Waals surface area contributed by atoms with Gasteiger partial charge in [0.15, 0.2) is 0 Å². The zero-order valence-corrected chi connectivity index (χ0v) is 10.5. The molecular formula is C10H9N3O2S2. The van der Waals surface area contributed by atoms with Crippen LogP contribution in [-0.2, 0) is 4.79 Å². The molecule has 0 saturated carbocycles. The summed E-state index contributed by atoms with van der Waals surface area (Å²) >= 11 is 2.51. The minimum atomic E-state index is -0.981. The molecule has 2 rings (SSSR count). The Balaban J connectivity index is 2.21. The molecule has 0 atom stereocenters. The number of carboxylic acids is 1. The summed E-state index contributed by atoms with van der Waals surface area (Å²) in [5.41, 5.74) is 0. The van der Waals surface area contributed by atoms with E-state index in [-0.39, 0.29) is 4.91 Å². The van der Waals surface area contributed by atoms with E-state index in [2.05, 4.69) is 15.2 Å². The van der Waals surface area contributed by atoms with Crippen LogP contribution in [0, 0.1) is 6.92 Å². The van der Waals surface area contributed by atoms with Gasteiger partial charge in [0.05, 0.1) is 0 Å². The molecule has 0 aliphatic rings. The number of hydrogen-bond acceptors (Lipinski definition) is 5. The fourth-order valence-electron chi connectivity index (χ4n) is 1.10. The Kier molecular flexibility index (Phi) is 3.60. The van der Waals surface area contributed by atoms with Crippen LogP contribution in [0.1, 0.15) is 10.7 Å². The zero-order chi connectivity index (χ0) is 12.3. The SMILES string of the molecule is Cc1nc(SC(=Cc2cccs2)C(=O)O)n[nH]1. The third kappa shape index (κ3) is 3.18. The summed E-state index contributed by atoms with van der Waals surface area (Å²) in [6, 6.07) is 3.73. The van der Waals surface area contributed by atoms with Gasteiger partial charge in [0.25, 0.3) is 0 Å². The highest BCUT2D eigenvalue weighted by molar-refractivity contribution is 8.04. The van der Waals surface area contributed by atoms with Crippen LogP contribution < -0.4 is 0 Å². The summed E-state index contributed by atoms with van der Waals surface area (Å²) < 4.78 is 0. The van der Waals surface area contributed by atoms with Gasteiger partial charge in [-0.05, 0) is 36.2 Å². The fraction of sp³-hybridized carbons (Fsp3) is 0.100. The van der Waals surface area contributed by atoms with Crippen molar-refractivity contribution in [1.82, 2.24) is 15.2 Å². The predicted molar refractivity (Wildman–Crippen MR) is 66.9 cm³/mol. The van der Waals surface area contributed by atoms with E-state index in [4.69, 9.17) is 5.11 Å². The van der Waals surface area contributed by atoms with Crippen LogP contribution in [0.4, 0.5) is 0 Å². The maximum atomic E-state index is 11.1.